The largest absolute Gasteiger partial charge is 0.472 e. The molecule has 13 heteroatoms. The van der Waals surface area contributed by atoms with Gasteiger partial charge in [-0.25, -0.2) is 4.39 Å². The molecule has 3 aromatic heterocycles. The number of rotatable bonds is 7. The Balaban J connectivity index is 1.43. The van der Waals surface area contributed by atoms with Crippen LogP contribution in [-0.4, -0.2) is 60.6 Å². The van der Waals surface area contributed by atoms with Crippen LogP contribution in [0.25, 0.3) is 22.1 Å². The van der Waals surface area contributed by atoms with Gasteiger partial charge in [-0.2, -0.15) is 28.2 Å². The molecule has 0 bridgehead atoms. The second-order valence-corrected chi connectivity index (χ2v) is 10.8. The highest BCUT2D eigenvalue weighted by atomic mass is 79.9. The number of benzene rings is 1. The van der Waals surface area contributed by atoms with Gasteiger partial charge in [0.25, 0.3) is 0 Å². The van der Waals surface area contributed by atoms with Crippen LogP contribution in [0.4, 0.5) is 17.6 Å². The number of fused-ring (bicyclic) bond motifs is 4. The molecule has 2 aliphatic heterocycles. The van der Waals surface area contributed by atoms with Crippen LogP contribution in [0, 0.1) is 0 Å². The van der Waals surface area contributed by atoms with Gasteiger partial charge in [-0.05, 0) is 52.9 Å². The summed E-state index contributed by atoms with van der Waals surface area (Å²) in [6.45, 7) is 0.535. The van der Waals surface area contributed by atoms with Crippen LogP contribution in [0.1, 0.15) is 24.8 Å². The minimum absolute atomic E-state index is 0.0409. The SMILES string of the molecule is Cn1c2nc(OC[C@@]34CCCN3C/C(=C\F)C4)nc(OCc3ccccc3)c2c2c1c(Br)nn2CC(F)(F)F. The normalized spacial score (nSPS) is 20.9. The standard InChI is InChI=1S/C26H25BrF4N6O2/c1-35-20-19(37(34-21(20)27)14-26(29,30)31)18-22(35)32-24(33-23(18)38-13-16-6-3-2-4-7-16)39-15-25-8-5-9-36(25)12-17(10-25)11-28/h2-4,6-7,11H,5,8-10,12-15H2,1H3/b17-11-/t25-/m0/s1. The first-order valence-corrected chi connectivity index (χ1v) is 13.3. The lowest BCUT2D eigenvalue weighted by Crippen LogP contribution is -2.43. The maximum atomic E-state index is 13.4. The predicted octanol–water partition coefficient (Wildman–Crippen LogP) is 5.69. The maximum Gasteiger partial charge on any atom is 0.408 e. The van der Waals surface area contributed by atoms with Crippen molar-refractivity contribution in [3.05, 3.63) is 52.4 Å². The fourth-order valence-corrected chi connectivity index (χ4v) is 6.41. The van der Waals surface area contributed by atoms with Gasteiger partial charge in [0.1, 0.15) is 36.2 Å². The molecule has 6 rings (SSSR count). The third-order valence-electron chi connectivity index (χ3n) is 7.48. The van der Waals surface area contributed by atoms with Crippen molar-refractivity contribution in [1.82, 2.24) is 29.2 Å². The molecule has 0 amide bonds. The molecule has 2 saturated heterocycles. The van der Waals surface area contributed by atoms with Gasteiger partial charge in [0.2, 0.25) is 5.88 Å². The van der Waals surface area contributed by atoms with Crippen molar-refractivity contribution in [2.24, 2.45) is 7.05 Å². The zero-order chi connectivity index (χ0) is 27.4. The summed E-state index contributed by atoms with van der Waals surface area (Å²) in [7, 11) is 1.69. The van der Waals surface area contributed by atoms with E-state index >= 15 is 0 Å². The van der Waals surface area contributed by atoms with Crippen molar-refractivity contribution in [3.63, 3.8) is 0 Å². The lowest BCUT2D eigenvalue weighted by molar-refractivity contribution is -0.141. The van der Waals surface area contributed by atoms with Crippen molar-refractivity contribution < 1.29 is 27.0 Å². The van der Waals surface area contributed by atoms with E-state index in [9.17, 15) is 17.6 Å². The lowest BCUT2D eigenvalue weighted by Gasteiger charge is -2.30. The summed E-state index contributed by atoms with van der Waals surface area (Å²) in [6, 6.07) is 9.42. The summed E-state index contributed by atoms with van der Waals surface area (Å²) in [5.41, 5.74) is 2.25. The highest BCUT2D eigenvalue weighted by Gasteiger charge is 2.47. The number of ether oxygens (including phenoxy) is 2. The van der Waals surface area contributed by atoms with E-state index in [4.69, 9.17) is 9.47 Å². The van der Waals surface area contributed by atoms with Gasteiger partial charge in [0.05, 0.1) is 11.9 Å². The van der Waals surface area contributed by atoms with Crippen molar-refractivity contribution >= 4 is 38.0 Å². The van der Waals surface area contributed by atoms with Crippen LogP contribution in [0.5, 0.6) is 11.9 Å². The summed E-state index contributed by atoms with van der Waals surface area (Å²) >= 11 is 3.31. The number of hydrogen-bond donors (Lipinski definition) is 0. The van der Waals surface area contributed by atoms with E-state index in [1.54, 1.807) is 11.6 Å². The molecule has 8 nitrogen and oxygen atoms in total. The summed E-state index contributed by atoms with van der Waals surface area (Å²) in [5.74, 6) is 0.0943. The zero-order valence-electron chi connectivity index (χ0n) is 21.0. The second kappa shape index (κ2) is 9.77. The van der Waals surface area contributed by atoms with E-state index in [0.717, 1.165) is 35.2 Å². The van der Waals surface area contributed by atoms with Crippen LogP contribution in [0.2, 0.25) is 0 Å². The molecule has 0 aliphatic carbocycles. The molecule has 2 fully saturated rings. The van der Waals surface area contributed by atoms with E-state index in [-0.39, 0.29) is 40.8 Å². The Bertz CT molecular complexity index is 1570. The minimum Gasteiger partial charge on any atom is -0.472 e. The van der Waals surface area contributed by atoms with Gasteiger partial charge in [0, 0.05) is 13.6 Å². The summed E-state index contributed by atoms with van der Waals surface area (Å²) in [6.07, 6.45) is -1.40. The Morgan fingerprint density at radius 1 is 1.13 bits per heavy atom. The summed E-state index contributed by atoms with van der Waals surface area (Å²) in [4.78, 5) is 11.3. The molecule has 0 radical (unpaired) electrons. The minimum atomic E-state index is -4.49. The Kier molecular flexibility index (Phi) is 6.53. The van der Waals surface area contributed by atoms with Gasteiger partial charge in [-0.15, -0.1) is 0 Å². The maximum absolute atomic E-state index is 13.4. The summed E-state index contributed by atoms with van der Waals surface area (Å²) in [5, 5.41) is 4.38. The van der Waals surface area contributed by atoms with Gasteiger partial charge < -0.3 is 14.0 Å². The van der Waals surface area contributed by atoms with Crippen LogP contribution in [-0.2, 0) is 20.2 Å². The van der Waals surface area contributed by atoms with Crippen LogP contribution < -0.4 is 9.47 Å². The average Bonchev–Trinajstić information content (AvgIpc) is 3.61. The van der Waals surface area contributed by atoms with Gasteiger partial charge in [-0.1, -0.05) is 30.3 Å². The Morgan fingerprint density at radius 3 is 2.67 bits per heavy atom. The van der Waals surface area contributed by atoms with Gasteiger partial charge in [0.15, 0.2) is 10.3 Å². The molecule has 0 saturated carbocycles. The number of aromatic nitrogens is 5. The van der Waals surface area contributed by atoms with Crippen molar-refractivity contribution in [1.29, 1.82) is 0 Å². The predicted molar refractivity (Wildman–Crippen MR) is 139 cm³/mol. The molecule has 0 spiro atoms. The first-order valence-electron chi connectivity index (χ1n) is 12.5. The molecular weight excluding hydrogens is 584 g/mol. The zero-order valence-corrected chi connectivity index (χ0v) is 22.6. The van der Waals surface area contributed by atoms with E-state index in [1.807, 2.05) is 30.3 Å². The van der Waals surface area contributed by atoms with Crippen molar-refractivity contribution in [2.75, 3.05) is 19.7 Å². The smallest absolute Gasteiger partial charge is 0.408 e. The Labute approximate surface area is 229 Å². The topological polar surface area (TPSA) is 70.2 Å². The average molecular weight is 609 g/mol. The molecule has 206 valence electrons. The lowest BCUT2D eigenvalue weighted by atomic mass is 9.94. The number of hydrogen-bond acceptors (Lipinski definition) is 6. The number of nitrogens with zero attached hydrogens (tertiary/aromatic N) is 6. The van der Waals surface area contributed by atoms with Crippen molar-refractivity contribution in [3.8, 4) is 11.9 Å². The molecule has 1 atom stereocenters. The van der Waals surface area contributed by atoms with Crippen LogP contribution >= 0.6 is 15.9 Å². The Hall–Kier alpha value is -3.19. The van der Waals surface area contributed by atoms with Gasteiger partial charge >= 0.3 is 12.2 Å². The van der Waals surface area contributed by atoms with Crippen LogP contribution in [0.3, 0.4) is 0 Å². The number of alkyl halides is 3. The molecular formula is C26H25BrF4N6O2. The van der Waals surface area contributed by atoms with E-state index in [1.165, 1.54) is 0 Å². The Morgan fingerprint density at radius 2 is 1.92 bits per heavy atom. The fourth-order valence-electron chi connectivity index (χ4n) is 5.76. The van der Waals surface area contributed by atoms with E-state index in [0.29, 0.717) is 35.8 Å². The summed E-state index contributed by atoms with van der Waals surface area (Å²) < 4.78 is 68.6. The molecule has 5 heterocycles. The molecule has 0 N–H and O–H groups in total. The quantitative estimate of drug-likeness (QED) is 0.251. The van der Waals surface area contributed by atoms with E-state index in [2.05, 4.69) is 35.9 Å². The molecule has 4 aromatic rings. The van der Waals surface area contributed by atoms with Gasteiger partial charge in [-0.3, -0.25) is 9.58 Å². The molecule has 1 aromatic carbocycles. The molecule has 2 aliphatic rings. The highest BCUT2D eigenvalue weighted by Crippen LogP contribution is 2.42. The van der Waals surface area contributed by atoms with Crippen molar-refractivity contribution in [2.45, 2.75) is 44.1 Å². The number of aryl methyl sites for hydroxylation is 1. The van der Waals surface area contributed by atoms with E-state index < -0.39 is 12.7 Å². The molecule has 39 heavy (non-hydrogen) atoms. The third kappa shape index (κ3) is 4.75. The van der Waals surface area contributed by atoms with Crippen LogP contribution in [0.15, 0.2) is 46.8 Å². The highest BCUT2D eigenvalue weighted by molar-refractivity contribution is 9.10. The first kappa shape index (κ1) is 26.1. The molecule has 0 unspecified atom stereocenters. The first-order chi connectivity index (χ1) is 18.7. The fraction of sp³-hybridized carbons (Fsp3) is 0.423. The second-order valence-electron chi connectivity index (χ2n) is 10.1. The monoisotopic (exact) mass is 608 g/mol. The number of halogens is 5. The third-order valence-corrected chi connectivity index (χ3v) is 8.01.